The smallest absolute Gasteiger partial charge is 0.307 e. The summed E-state index contributed by atoms with van der Waals surface area (Å²) in [5.41, 5.74) is 0. The molecule has 2 rings (SSSR count). The minimum absolute atomic E-state index is 0.160. The third-order valence-corrected chi connectivity index (χ3v) is 3.62. The van der Waals surface area contributed by atoms with E-state index >= 15 is 0 Å². The van der Waals surface area contributed by atoms with Gasteiger partial charge >= 0.3 is 5.97 Å². The van der Waals surface area contributed by atoms with Gasteiger partial charge in [-0.2, -0.15) is 0 Å². The number of nitrogens with one attached hydrogen (secondary N) is 1. The molecular formula is C12H18N4O3. The van der Waals surface area contributed by atoms with Crippen molar-refractivity contribution in [2.24, 2.45) is 18.9 Å². The van der Waals surface area contributed by atoms with Gasteiger partial charge in [-0.15, -0.1) is 10.2 Å². The molecule has 0 aliphatic heterocycles. The van der Waals surface area contributed by atoms with Crippen molar-refractivity contribution in [3.63, 3.8) is 0 Å². The lowest BCUT2D eigenvalue weighted by Crippen LogP contribution is -2.36. The van der Waals surface area contributed by atoms with Crippen LogP contribution in [0.3, 0.4) is 0 Å². The Morgan fingerprint density at radius 3 is 2.84 bits per heavy atom. The van der Waals surface area contributed by atoms with Gasteiger partial charge in [-0.25, -0.2) is 0 Å². The molecule has 1 aliphatic rings. The molecular weight excluding hydrogens is 248 g/mol. The van der Waals surface area contributed by atoms with Crippen molar-refractivity contribution in [2.45, 2.75) is 25.7 Å². The predicted octanol–water partition coefficient (Wildman–Crippen LogP) is -0.0253. The maximum absolute atomic E-state index is 12.0. The van der Waals surface area contributed by atoms with Gasteiger partial charge in [0.05, 0.1) is 11.8 Å². The maximum atomic E-state index is 12.0. The molecule has 1 aromatic heterocycles. The molecule has 0 radical (unpaired) electrons. The van der Waals surface area contributed by atoms with E-state index in [1.54, 1.807) is 10.9 Å². The number of nitrogens with zero attached hydrogens (tertiary/aromatic N) is 3. The first kappa shape index (κ1) is 13.5. The number of aliphatic carboxylic acids is 1. The molecule has 0 spiro atoms. The number of aromatic nitrogens is 3. The van der Waals surface area contributed by atoms with E-state index < -0.39 is 17.8 Å². The zero-order valence-electron chi connectivity index (χ0n) is 10.9. The third-order valence-electron chi connectivity index (χ3n) is 3.62. The van der Waals surface area contributed by atoms with Crippen LogP contribution in [0.2, 0.25) is 0 Å². The van der Waals surface area contributed by atoms with Crippen LogP contribution in [-0.2, 0) is 23.1 Å². The Morgan fingerprint density at radius 1 is 1.47 bits per heavy atom. The van der Waals surface area contributed by atoms with Gasteiger partial charge in [0, 0.05) is 20.0 Å². The zero-order chi connectivity index (χ0) is 13.8. The summed E-state index contributed by atoms with van der Waals surface area (Å²) in [5.74, 6) is -1.16. The first-order valence-corrected chi connectivity index (χ1v) is 6.43. The lowest BCUT2D eigenvalue weighted by molar-refractivity contribution is -0.146. The Labute approximate surface area is 111 Å². The summed E-state index contributed by atoms with van der Waals surface area (Å²) >= 11 is 0. The number of hydrogen-bond acceptors (Lipinski definition) is 4. The second-order valence-corrected chi connectivity index (χ2v) is 4.88. The molecule has 1 saturated carbocycles. The van der Waals surface area contributed by atoms with Crippen LogP contribution < -0.4 is 5.32 Å². The van der Waals surface area contributed by atoms with Crippen LogP contribution in [0.5, 0.6) is 0 Å². The van der Waals surface area contributed by atoms with E-state index in [-0.39, 0.29) is 5.91 Å². The maximum Gasteiger partial charge on any atom is 0.307 e. The summed E-state index contributed by atoms with van der Waals surface area (Å²) in [4.78, 5) is 23.0. The van der Waals surface area contributed by atoms with Gasteiger partial charge in [0.15, 0.2) is 0 Å². The van der Waals surface area contributed by atoms with Gasteiger partial charge in [-0.3, -0.25) is 9.59 Å². The van der Waals surface area contributed by atoms with Crippen LogP contribution in [0.4, 0.5) is 0 Å². The molecule has 1 aromatic rings. The quantitative estimate of drug-likeness (QED) is 0.780. The zero-order valence-corrected chi connectivity index (χ0v) is 10.9. The minimum atomic E-state index is -0.869. The van der Waals surface area contributed by atoms with Crippen molar-refractivity contribution in [1.29, 1.82) is 0 Å². The van der Waals surface area contributed by atoms with Crippen molar-refractivity contribution in [1.82, 2.24) is 20.1 Å². The number of carboxylic acids is 1. The monoisotopic (exact) mass is 266 g/mol. The number of aryl methyl sites for hydroxylation is 1. The van der Waals surface area contributed by atoms with Gasteiger partial charge in [0.1, 0.15) is 12.2 Å². The van der Waals surface area contributed by atoms with Crippen molar-refractivity contribution in [3.05, 3.63) is 12.2 Å². The van der Waals surface area contributed by atoms with Crippen molar-refractivity contribution >= 4 is 11.9 Å². The SMILES string of the molecule is Cn1cnnc1CCNC(=O)C1CCCC1C(=O)O. The summed E-state index contributed by atoms with van der Waals surface area (Å²) in [7, 11) is 1.84. The van der Waals surface area contributed by atoms with Crippen LogP contribution in [0.1, 0.15) is 25.1 Å². The Balaban J connectivity index is 1.81. The van der Waals surface area contributed by atoms with Gasteiger partial charge in [-0.05, 0) is 12.8 Å². The molecule has 1 aliphatic carbocycles. The summed E-state index contributed by atoms with van der Waals surface area (Å²) in [6.45, 7) is 0.453. The van der Waals surface area contributed by atoms with Gasteiger partial charge < -0.3 is 15.0 Å². The largest absolute Gasteiger partial charge is 0.481 e. The van der Waals surface area contributed by atoms with Crippen molar-refractivity contribution in [3.8, 4) is 0 Å². The predicted molar refractivity (Wildman–Crippen MR) is 66.2 cm³/mol. The first-order valence-electron chi connectivity index (χ1n) is 6.43. The van der Waals surface area contributed by atoms with E-state index in [9.17, 15) is 9.59 Å². The number of amides is 1. The standard InChI is InChI=1S/C12H18N4O3/c1-16-7-14-15-10(16)5-6-13-11(17)8-3-2-4-9(8)12(18)19/h7-9H,2-6H2,1H3,(H,13,17)(H,18,19). The number of hydrogen-bond donors (Lipinski definition) is 2. The normalized spacial score (nSPS) is 22.4. The molecule has 2 unspecified atom stereocenters. The van der Waals surface area contributed by atoms with E-state index in [1.165, 1.54) is 0 Å². The summed E-state index contributed by atoms with van der Waals surface area (Å²) in [5, 5.41) is 19.5. The highest BCUT2D eigenvalue weighted by molar-refractivity contribution is 5.85. The van der Waals surface area contributed by atoms with Gasteiger partial charge in [-0.1, -0.05) is 6.42 Å². The second-order valence-electron chi connectivity index (χ2n) is 4.88. The van der Waals surface area contributed by atoms with Crippen LogP contribution in [0.25, 0.3) is 0 Å². The molecule has 1 fully saturated rings. The molecule has 1 amide bonds. The van der Waals surface area contributed by atoms with Crippen molar-refractivity contribution in [2.75, 3.05) is 6.54 Å². The molecule has 7 heteroatoms. The van der Waals surface area contributed by atoms with E-state index in [4.69, 9.17) is 5.11 Å². The highest BCUT2D eigenvalue weighted by Crippen LogP contribution is 2.31. The molecule has 2 N–H and O–H groups in total. The minimum Gasteiger partial charge on any atom is -0.481 e. The van der Waals surface area contributed by atoms with Crippen LogP contribution in [-0.4, -0.2) is 38.3 Å². The topological polar surface area (TPSA) is 97.1 Å². The first-order chi connectivity index (χ1) is 9.09. The lowest BCUT2D eigenvalue weighted by atomic mass is 9.95. The number of carbonyl (C=O) groups is 2. The fourth-order valence-electron chi connectivity index (χ4n) is 2.53. The highest BCUT2D eigenvalue weighted by Gasteiger charge is 2.37. The molecule has 19 heavy (non-hydrogen) atoms. The average molecular weight is 266 g/mol. The van der Waals surface area contributed by atoms with E-state index in [0.717, 1.165) is 12.2 Å². The Morgan fingerprint density at radius 2 is 2.21 bits per heavy atom. The summed E-state index contributed by atoms with van der Waals surface area (Å²) < 4.78 is 1.79. The van der Waals surface area contributed by atoms with E-state index in [2.05, 4.69) is 15.5 Å². The molecule has 1 heterocycles. The van der Waals surface area contributed by atoms with E-state index in [0.29, 0.717) is 25.8 Å². The second kappa shape index (κ2) is 5.81. The number of carbonyl (C=O) groups excluding carboxylic acids is 1. The summed E-state index contributed by atoms with van der Waals surface area (Å²) in [6.07, 6.45) is 4.25. The summed E-state index contributed by atoms with van der Waals surface area (Å²) in [6, 6.07) is 0. The van der Waals surface area contributed by atoms with Crippen LogP contribution in [0, 0.1) is 11.8 Å². The molecule has 2 atom stereocenters. The third kappa shape index (κ3) is 3.10. The number of carboxylic acid groups (broad SMARTS) is 1. The molecule has 0 aromatic carbocycles. The Bertz CT molecular complexity index is 471. The van der Waals surface area contributed by atoms with Gasteiger partial charge in [0.2, 0.25) is 5.91 Å². The molecule has 0 bridgehead atoms. The molecule has 104 valence electrons. The Hall–Kier alpha value is -1.92. The lowest BCUT2D eigenvalue weighted by Gasteiger charge is -2.15. The Kier molecular flexibility index (Phi) is 4.13. The molecule has 0 saturated heterocycles. The fourth-order valence-corrected chi connectivity index (χ4v) is 2.53. The van der Waals surface area contributed by atoms with Crippen molar-refractivity contribution < 1.29 is 14.7 Å². The highest BCUT2D eigenvalue weighted by atomic mass is 16.4. The van der Waals surface area contributed by atoms with Crippen LogP contribution >= 0.6 is 0 Å². The fraction of sp³-hybridized carbons (Fsp3) is 0.667. The average Bonchev–Trinajstić information content (AvgIpc) is 2.98. The van der Waals surface area contributed by atoms with E-state index in [1.807, 2.05) is 7.05 Å². The van der Waals surface area contributed by atoms with Gasteiger partial charge in [0.25, 0.3) is 0 Å². The number of rotatable bonds is 5. The molecule has 7 nitrogen and oxygen atoms in total. The van der Waals surface area contributed by atoms with Crippen LogP contribution in [0.15, 0.2) is 6.33 Å².